The van der Waals surface area contributed by atoms with Crippen LogP contribution in [0.15, 0.2) is 79.3 Å². The lowest BCUT2D eigenvalue weighted by atomic mass is 9.95. The summed E-state index contributed by atoms with van der Waals surface area (Å²) in [5.41, 5.74) is 4.38. The zero-order valence-corrected chi connectivity index (χ0v) is 22.8. The van der Waals surface area contributed by atoms with E-state index in [1.54, 1.807) is 19.5 Å². The summed E-state index contributed by atoms with van der Waals surface area (Å²) in [4.78, 5) is 23.2. The lowest BCUT2D eigenvalue weighted by Crippen LogP contribution is -2.46. The Labute approximate surface area is 234 Å². The third kappa shape index (κ3) is 5.69. The van der Waals surface area contributed by atoms with Crippen LogP contribution in [0, 0.1) is 0 Å². The first-order valence-electron chi connectivity index (χ1n) is 14.1. The van der Waals surface area contributed by atoms with Gasteiger partial charge in [0.2, 0.25) is 5.88 Å². The molecule has 2 atom stereocenters. The maximum Gasteiger partial charge on any atom is 0.216 e. The summed E-state index contributed by atoms with van der Waals surface area (Å²) in [6.45, 7) is 0.736. The SMILES string of the molecule is COc1ncc(-c2ccnn2C2CCCCO2)cc1CC(=O)[C@H](Cc1ccccc1)NC1(c2ccccn2)CC1. The van der Waals surface area contributed by atoms with Gasteiger partial charge in [-0.2, -0.15) is 5.10 Å². The Morgan fingerprint density at radius 3 is 2.67 bits per heavy atom. The number of ketones is 1. The van der Waals surface area contributed by atoms with Crippen LogP contribution in [0.5, 0.6) is 5.88 Å². The molecule has 0 amide bonds. The van der Waals surface area contributed by atoms with Crippen molar-refractivity contribution in [3.8, 4) is 17.1 Å². The van der Waals surface area contributed by atoms with Crippen molar-refractivity contribution in [1.82, 2.24) is 25.1 Å². The highest BCUT2D eigenvalue weighted by atomic mass is 16.5. The Kier molecular flexibility index (Phi) is 7.71. The molecule has 1 aromatic carbocycles. The summed E-state index contributed by atoms with van der Waals surface area (Å²) < 4.78 is 13.5. The monoisotopic (exact) mass is 537 g/mol. The van der Waals surface area contributed by atoms with Gasteiger partial charge in [0.1, 0.15) is 0 Å². The molecule has 4 aromatic rings. The van der Waals surface area contributed by atoms with Crippen molar-refractivity contribution >= 4 is 5.78 Å². The number of carbonyl (C=O) groups is 1. The van der Waals surface area contributed by atoms with E-state index in [1.165, 1.54) is 0 Å². The number of Topliss-reactive ketones (excluding diaryl/α,β-unsaturated/α-hetero) is 1. The van der Waals surface area contributed by atoms with Crippen molar-refractivity contribution in [2.75, 3.05) is 13.7 Å². The number of carbonyl (C=O) groups excluding carboxylic acids is 1. The number of nitrogens with one attached hydrogen (secondary N) is 1. The lowest BCUT2D eigenvalue weighted by molar-refractivity contribution is -0.120. The maximum absolute atomic E-state index is 14.0. The molecule has 6 rings (SSSR count). The zero-order valence-electron chi connectivity index (χ0n) is 22.8. The molecule has 40 heavy (non-hydrogen) atoms. The molecular weight excluding hydrogens is 502 g/mol. The summed E-state index contributed by atoms with van der Waals surface area (Å²) in [5, 5.41) is 8.27. The Morgan fingerprint density at radius 1 is 1.10 bits per heavy atom. The molecule has 1 aliphatic carbocycles. The van der Waals surface area contributed by atoms with Crippen molar-refractivity contribution in [1.29, 1.82) is 0 Å². The standard InChI is InChI=1S/C32H35N5O3/c1-39-31-24(20-25(22-34-31)27-13-17-35-37(27)30-12-6-8-18-40-30)21-28(38)26(19-23-9-3-2-4-10-23)36-32(14-15-32)29-11-5-7-16-33-29/h2-5,7,9-11,13,16-17,20,22,26,30,36H,6,8,12,14-15,18-19,21H2,1H3/t26-,30?/m0/s1. The van der Waals surface area contributed by atoms with Gasteiger partial charge in [0, 0.05) is 42.7 Å². The van der Waals surface area contributed by atoms with Gasteiger partial charge < -0.3 is 9.47 Å². The van der Waals surface area contributed by atoms with E-state index in [0.717, 1.165) is 66.8 Å². The average molecular weight is 538 g/mol. The molecule has 2 fully saturated rings. The van der Waals surface area contributed by atoms with Gasteiger partial charge in [-0.05, 0) is 68.4 Å². The Morgan fingerprint density at radius 2 is 1.95 bits per heavy atom. The second-order valence-electron chi connectivity index (χ2n) is 10.7. The first kappa shape index (κ1) is 26.3. The molecule has 1 aliphatic heterocycles. The molecule has 206 valence electrons. The summed E-state index contributed by atoms with van der Waals surface area (Å²) in [5.74, 6) is 0.550. The average Bonchev–Trinajstić information content (AvgIpc) is 3.63. The van der Waals surface area contributed by atoms with Crippen LogP contribution >= 0.6 is 0 Å². The minimum absolute atomic E-state index is 0.0902. The van der Waals surface area contributed by atoms with Gasteiger partial charge in [0.25, 0.3) is 0 Å². The number of hydrogen-bond acceptors (Lipinski definition) is 7. The van der Waals surface area contributed by atoms with E-state index in [4.69, 9.17) is 9.47 Å². The molecule has 0 spiro atoms. The number of pyridine rings is 2. The predicted molar refractivity (Wildman–Crippen MR) is 152 cm³/mol. The third-order valence-corrected chi connectivity index (χ3v) is 7.90. The van der Waals surface area contributed by atoms with Crippen molar-refractivity contribution in [2.24, 2.45) is 0 Å². The van der Waals surface area contributed by atoms with Crippen molar-refractivity contribution in [3.05, 3.63) is 96.1 Å². The van der Waals surface area contributed by atoms with E-state index in [-0.39, 0.29) is 30.0 Å². The number of aromatic nitrogens is 4. The minimum Gasteiger partial charge on any atom is -0.481 e. The molecule has 8 nitrogen and oxygen atoms in total. The zero-order chi connectivity index (χ0) is 27.4. The fourth-order valence-corrected chi connectivity index (χ4v) is 5.62. The smallest absolute Gasteiger partial charge is 0.216 e. The largest absolute Gasteiger partial charge is 0.481 e. The van der Waals surface area contributed by atoms with E-state index in [2.05, 4.69) is 32.5 Å². The normalized spacial score (nSPS) is 18.7. The van der Waals surface area contributed by atoms with Gasteiger partial charge in [-0.1, -0.05) is 36.4 Å². The minimum atomic E-state index is -0.388. The quantitative estimate of drug-likeness (QED) is 0.286. The van der Waals surface area contributed by atoms with Crippen LogP contribution in [0.25, 0.3) is 11.3 Å². The topological polar surface area (TPSA) is 91.2 Å². The fourth-order valence-electron chi connectivity index (χ4n) is 5.62. The van der Waals surface area contributed by atoms with Gasteiger partial charge in [0.15, 0.2) is 12.0 Å². The van der Waals surface area contributed by atoms with Gasteiger partial charge in [-0.15, -0.1) is 0 Å². The third-order valence-electron chi connectivity index (χ3n) is 7.90. The van der Waals surface area contributed by atoms with Gasteiger partial charge in [0.05, 0.1) is 30.1 Å². The number of ether oxygens (including phenoxy) is 2. The van der Waals surface area contributed by atoms with E-state index in [9.17, 15) is 4.79 Å². The molecule has 1 saturated heterocycles. The number of methoxy groups -OCH3 is 1. The molecule has 8 heteroatoms. The first-order chi connectivity index (χ1) is 19.6. The van der Waals surface area contributed by atoms with Crippen molar-refractivity contribution < 1.29 is 14.3 Å². The van der Waals surface area contributed by atoms with Crippen LogP contribution in [0.1, 0.15) is 55.2 Å². The summed E-state index contributed by atoms with van der Waals surface area (Å²) in [7, 11) is 1.59. The molecular formula is C32H35N5O3. The highest BCUT2D eigenvalue weighted by Gasteiger charge is 2.47. The van der Waals surface area contributed by atoms with Crippen LogP contribution in [-0.2, 0) is 27.9 Å². The Bertz CT molecular complexity index is 1430. The Balaban J connectivity index is 1.27. The molecule has 0 radical (unpaired) electrons. The van der Waals surface area contributed by atoms with Gasteiger partial charge >= 0.3 is 0 Å². The second-order valence-corrected chi connectivity index (χ2v) is 10.7. The number of rotatable bonds is 11. The Hall–Kier alpha value is -3.88. The fraction of sp³-hybridized carbons (Fsp3) is 0.375. The van der Waals surface area contributed by atoms with Crippen LogP contribution in [-0.4, -0.2) is 45.3 Å². The van der Waals surface area contributed by atoms with Crippen LogP contribution in [0.4, 0.5) is 0 Å². The van der Waals surface area contributed by atoms with E-state index >= 15 is 0 Å². The number of hydrogen-bond donors (Lipinski definition) is 1. The highest BCUT2D eigenvalue weighted by Crippen LogP contribution is 2.45. The van der Waals surface area contributed by atoms with E-state index in [1.807, 2.05) is 59.4 Å². The molecule has 4 heterocycles. The lowest BCUT2D eigenvalue weighted by Gasteiger charge is -2.25. The van der Waals surface area contributed by atoms with E-state index in [0.29, 0.717) is 12.3 Å². The first-order valence-corrected chi connectivity index (χ1v) is 14.1. The number of benzene rings is 1. The van der Waals surface area contributed by atoms with Crippen molar-refractivity contribution in [2.45, 2.75) is 62.8 Å². The van der Waals surface area contributed by atoms with Gasteiger partial charge in [-0.3, -0.25) is 15.1 Å². The number of nitrogens with zero attached hydrogens (tertiary/aromatic N) is 4. The molecule has 2 aliphatic rings. The van der Waals surface area contributed by atoms with Gasteiger partial charge in [-0.25, -0.2) is 9.67 Å². The van der Waals surface area contributed by atoms with Crippen LogP contribution in [0.3, 0.4) is 0 Å². The summed E-state index contributed by atoms with van der Waals surface area (Å²) in [6, 6.07) is 19.7. The summed E-state index contributed by atoms with van der Waals surface area (Å²) in [6.07, 6.45) is 11.1. The van der Waals surface area contributed by atoms with Crippen molar-refractivity contribution in [3.63, 3.8) is 0 Å². The molecule has 0 bridgehead atoms. The highest BCUT2D eigenvalue weighted by molar-refractivity contribution is 5.87. The maximum atomic E-state index is 14.0. The summed E-state index contributed by atoms with van der Waals surface area (Å²) >= 11 is 0. The van der Waals surface area contributed by atoms with E-state index < -0.39 is 0 Å². The second kappa shape index (κ2) is 11.7. The predicted octanol–water partition coefficient (Wildman–Crippen LogP) is 5.05. The molecule has 1 unspecified atom stereocenters. The van der Waals surface area contributed by atoms with Crippen LogP contribution < -0.4 is 10.1 Å². The van der Waals surface area contributed by atoms with Crippen LogP contribution in [0.2, 0.25) is 0 Å². The molecule has 1 N–H and O–H groups in total. The molecule has 1 saturated carbocycles. The molecule has 3 aromatic heterocycles.